The Morgan fingerprint density at radius 3 is 2.78 bits per heavy atom. The molecule has 0 aliphatic rings. The van der Waals surface area contributed by atoms with Crippen molar-refractivity contribution in [2.75, 3.05) is 12.4 Å². The summed E-state index contributed by atoms with van der Waals surface area (Å²) in [5.74, 6) is -0.295. The highest BCUT2D eigenvalue weighted by Gasteiger charge is 2.14. The molecule has 2 rings (SSSR count). The number of allylic oxidation sites excluding steroid dienone is 1. The zero-order valence-electron chi connectivity index (χ0n) is 15.0. The van der Waals surface area contributed by atoms with Crippen molar-refractivity contribution in [1.82, 2.24) is 0 Å². The van der Waals surface area contributed by atoms with Crippen LogP contribution in [0.25, 0.3) is 6.08 Å². The number of anilines is 1. The van der Waals surface area contributed by atoms with Crippen molar-refractivity contribution in [1.29, 1.82) is 5.26 Å². The predicted molar refractivity (Wildman–Crippen MR) is 107 cm³/mol. The molecule has 27 heavy (non-hydrogen) atoms. The average Bonchev–Trinajstić information content (AvgIpc) is 2.65. The molecule has 0 aliphatic heterocycles. The van der Waals surface area contributed by atoms with Gasteiger partial charge in [0.25, 0.3) is 5.91 Å². The van der Waals surface area contributed by atoms with Gasteiger partial charge < -0.3 is 15.2 Å². The van der Waals surface area contributed by atoms with Gasteiger partial charge in [0.05, 0.1) is 7.11 Å². The van der Waals surface area contributed by atoms with E-state index in [2.05, 4.69) is 11.9 Å². The Balaban J connectivity index is 2.39. The Labute approximate surface area is 163 Å². The van der Waals surface area contributed by atoms with Gasteiger partial charge in [-0.3, -0.25) is 4.79 Å². The first kappa shape index (κ1) is 20.1. The van der Waals surface area contributed by atoms with Crippen molar-refractivity contribution >= 4 is 29.3 Å². The molecule has 0 fully saturated rings. The number of carbonyl (C=O) groups excluding carboxylic acids is 1. The van der Waals surface area contributed by atoms with Gasteiger partial charge in [0.2, 0.25) is 0 Å². The fraction of sp³-hybridized carbons (Fsp3) is 0.143. The Kier molecular flexibility index (Phi) is 6.64. The topological polar surface area (TPSA) is 82.4 Å². The Morgan fingerprint density at radius 2 is 2.15 bits per heavy atom. The van der Waals surface area contributed by atoms with Crippen molar-refractivity contribution < 1.29 is 14.6 Å². The van der Waals surface area contributed by atoms with Crippen LogP contribution in [0.2, 0.25) is 5.02 Å². The summed E-state index contributed by atoms with van der Waals surface area (Å²) in [6, 6.07) is 10.2. The Hall–Kier alpha value is -3.23. The molecule has 0 radical (unpaired) electrons. The number of nitrogens with zero attached hydrogens (tertiary/aromatic N) is 1. The molecule has 6 heteroatoms. The first-order valence-corrected chi connectivity index (χ1v) is 8.47. The minimum atomic E-state index is -0.555. The van der Waals surface area contributed by atoms with E-state index in [1.807, 2.05) is 13.0 Å². The average molecular weight is 383 g/mol. The number of carbonyl (C=O) groups is 1. The summed E-state index contributed by atoms with van der Waals surface area (Å²) in [6.45, 7) is 5.48. The van der Waals surface area contributed by atoms with Gasteiger partial charge in [-0.25, -0.2) is 0 Å². The number of phenols is 1. The quantitative estimate of drug-likeness (QED) is 0.433. The molecule has 0 bridgehead atoms. The van der Waals surface area contributed by atoms with Crippen molar-refractivity contribution in [2.45, 2.75) is 13.3 Å². The largest absolute Gasteiger partial charge is 0.504 e. The third-order valence-electron chi connectivity index (χ3n) is 3.88. The van der Waals surface area contributed by atoms with E-state index in [0.717, 1.165) is 5.56 Å². The normalized spacial score (nSPS) is 10.8. The highest BCUT2D eigenvalue weighted by Crippen LogP contribution is 2.33. The number of aryl methyl sites for hydroxylation is 1. The smallest absolute Gasteiger partial charge is 0.266 e. The van der Waals surface area contributed by atoms with Gasteiger partial charge in [0.1, 0.15) is 11.6 Å². The van der Waals surface area contributed by atoms with Crippen LogP contribution in [0.3, 0.4) is 0 Å². The third kappa shape index (κ3) is 4.90. The van der Waals surface area contributed by atoms with Crippen LogP contribution >= 0.6 is 11.6 Å². The molecule has 2 aromatic carbocycles. The SMILES string of the molecule is C=CCc1cc(/C=C(\C#N)C(=O)Nc2cc(Cl)ccc2C)cc(OC)c1O. The zero-order valence-corrected chi connectivity index (χ0v) is 15.8. The summed E-state index contributed by atoms with van der Waals surface area (Å²) in [5.41, 5.74) is 2.40. The van der Waals surface area contributed by atoms with Crippen LogP contribution in [0.5, 0.6) is 11.5 Å². The monoisotopic (exact) mass is 382 g/mol. The maximum Gasteiger partial charge on any atom is 0.266 e. The summed E-state index contributed by atoms with van der Waals surface area (Å²) >= 11 is 5.96. The van der Waals surface area contributed by atoms with Crippen LogP contribution in [-0.4, -0.2) is 18.1 Å². The molecule has 1 amide bonds. The fourth-order valence-electron chi connectivity index (χ4n) is 2.47. The number of benzene rings is 2. The second-order valence-corrected chi connectivity index (χ2v) is 6.24. The molecule has 0 aliphatic carbocycles. The summed E-state index contributed by atoms with van der Waals surface area (Å²) in [7, 11) is 1.43. The second kappa shape index (κ2) is 8.93. The van der Waals surface area contributed by atoms with Crippen LogP contribution in [0.1, 0.15) is 16.7 Å². The number of halogens is 1. The number of rotatable bonds is 6. The number of phenolic OH excluding ortho intramolecular Hbond substituents is 1. The zero-order chi connectivity index (χ0) is 20.0. The van der Waals surface area contributed by atoms with Gasteiger partial charge in [-0.1, -0.05) is 23.7 Å². The number of ether oxygens (including phenoxy) is 1. The standard InChI is InChI=1S/C21H19ClN2O3/c1-4-5-15-8-14(10-19(27-3)20(15)25)9-16(12-23)21(26)24-18-11-17(22)7-6-13(18)2/h4,6-11,25H,1,5H2,2-3H3,(H,24,26)/b16-9+. The number of hydrogen-bond donors (Lipinski definition) is 2. The van der Waals surface area contributed by atoms with Crippen molar-refractivity contribution in [2.24, 2.45) is 0 Å². The first-order valence-electron chi connectivity index (χ1n) is 8.09. The number of amides is 1. The minimum absolute atomic E-state index is 0.00654. The summed E-state index contributed by atoms with van der Waals surface area (Å²) < 4.78 is 5.16. The maximum atomic E-state index is 12.5. The molecular weight excluding hydrogens is 364 g/mol. The van der Waals surface area contributed by atoms with Gasteiger partial charge in [0, 0.05) is 16.3 Å². The third-order valence-corrected chi connectivity index (χ3v) is 4.12. The summed E-state index contributed by atoms with van der Waals surface area (Å²) in [4.78, 5) is 12.5. The van der Waals surface area contributed by atoms with Gasteiger partial charge >= 0.3 is 0 Å². The maximum absolute atomic E-state index is 12.5. The van der Waals surface area contributed by atoms with Gasteiger partial charge in [-0.2, -0.15) is 5.26 Å². The molecule has 2 aromatic rings. The molecule has 138 valence electrons. The van der Waals surface area contributed by atoms with Gasteiger partial charge in [0.15, 0.2) is 11.5 Å². The fourth-order valence-corrected chi connectivity index (χ4v) is 2.65. The summed E-state index contributed by atoms with van der Waals surface area (Å²) in [6.07, 6.45) is 3.49. The molecule has 0 saturated carbocycles. The lowest BCUT2D eigenvalue weighted by molar-refractivity contribution is -0.112. The predicted octanol–water partition coefficient (Wildman–Crippen LogP) is 4.64. The summed E-state index contributed by atoms with van der Waals surface area (Å²) in [5, 5.41) is 22.7. The van der Waals surface area contributed by atoms with E-state index in [9.17, 15) is 15.2 Å². The Morgan fingerprint density at radius 1 is 1.41 bits per heavy atom. The highest BCUT2D eigenvalue weighted by atomic mass is 35.5. The van der Waals surface area contributed by atoms with E-state index in [1.165, 1.54) is 13.2 Å². The molecule has 0 spiro atoms. The molecule has 0 atom stereocenters. The number of methoxy groups -OCH3 is 1. The first-order chi connectivity index (χ1) is 12.9. The van der Waals surface area contributed by atoms with Crippen LogP contribution in [0.15, 0.2) is 48.6 Å². The number of nitrogens with one attached hydrogen (secondary N) is 1. The number of aromatic hydroxyl groups is 1. The van der Waals surface area contributed by atoms with Crippen LogP contribution in [-0.2, 0) is 11.2 Å². The second-order valence-electron chi connectivity index (χ2n) is 5.81. The molecule has 0 aromatic heterocycles. The van der Waals surface area contributed by atoms with E-state index in [1.54, 1.807) is 36.4 Å². The lowest BCUT2D eigenvalue weighted by Gasteiger charge is -2.10. The van der Waals surface area contributed by atoms with Crippen LogP contribution in [0.4, 0.5) is 5.69 Å². The van der Waals surface area contributed by atoms with E-state index < -0.39 is 5.91 Å². The molecule has 2 N–H and O–H groups in total. The molecule has 0 unspecified atom stereocenters. The molecule has 0 heterocycles. The van der Waals surface area contributed by atoms with E-state index in [0.29, 0.717) is 28.3 Å². The molecule has 0 saturated heterocycles. The lowest BCUT2D eigenvalue weighted by Crippen LogP contribution is -2.14. The molecular formula is C21H19ClN2O3. The van der Waals surface area contributed by atoms with Gasteiger partial charge in [-0.05, 0) is 54.8 Å². The lowest BCUT2D eigenvalue weighted by atomic mass is 10.0. The van der Waals surface area contributed by atoms with E-state index in [-0.39, 0.29) is 17.1 Å². The van der Waals surface area contributed by atoms with E-state index in [4.69, 9.17) is 16.3 Å². The van der Waals surface area contributed by atoms with Gasteiger partial charge in [-0.15, -0.1) is 6.58 Å². The van der Waals surface area contributed by atoms with Crippen LogP contribution in [0, 0.1) is 18.3 Å². The van der Waals surface area contributed by atoms with Crippen molar-refractivity contribution in [3.8, 4) is 17.6 Å². The van der Waals surface area contributed by atoms with E-state index >= 15 is 0 Å². The number of hydrogen-bond acceptors (Lipinski definition) is 4. The highest BCUT2D eigenvalue weighted by molar-refractivity contribution is 6.31. The Bertz CT molecular complexity index is 959. The molecule has 5 nitrogen and oxygen atoms in total. The minimum Gasteiger partial charge on any atom is -0.504 e. The van der Waals surface area contributed by atoms with Crippen molar-refractivity contribution in [3.63, 3.8) is 0 Å². The van der Waals surface area contributed by atoms with Crippen LogP contribution < -0.4 is 10.1 Å². The van der Waals surface area contributed by atoms with Crippen molar-refractivity contribution in [3.05, 3.63) is 70.3 Å². The number of nitriles is 1.